The van der Waals surface area contributed by atoms with Gasteiger partial charge in [0.2, 0.25) is 5.91 Å². The second-order valence-electron chi connectivity index (χ2n) is 6.66. The Morgan fingerprint density at radius 1 is 1.14 bits per heavy atom. The first-order valence-corrected chi connectivity index (χ1v) is 9.88. The van der Waals surface area contributed by atoms with Crippen LogP contribution in [0.15, 0.2) is 23.0 Å². The van der Waals surface area contributed by atoms with Crippen molar-refractivity contribution < 1.29 is 4.79 Å². The van der Waals surface area contributed by atoms with Gasteiger partial charge in [-0.25, -0.2) is 4.98 Å². The van der Waals surface area contributed by atoms with Crippen molar-refractivity contribution in [3.63, 3.8) is 0 Å². The minimum Gasteiger partial charge on any atom is -0.331 e. The van der Waals surface area contributed by atoms with Gasteiger partial charge in [0.05, 0.1) is 11.8 Å². The fourth-order valence-corrected chi connectivity index (χ4v) is 4.13. The van der Waals surface area contributed by atoms with E-state index >= 15 is 0 Å². The lowest BCUT2D eigenvalue weighted by Crippen LogP contribution is -2.44. The molecule has 0 unspecified atom stereocenters. The van der Waals surface area contributed by atoms with Crippen molar-refractivity contribution in [2.75, 3.05) is 5.32 Å². The number of anilines is 1. The lowest BCUT2D eigenvalue weighted by molar-refractivity contribution is -0.121. The van der Waals surface area contributed by atoms with Crippen LogP contribution in [0, 0.1) is 27.7 Å². The highest BCUT2D eigenvalue weighted by Crippen LogP contribution is 2.25. The number of nitrogens with zero attached hydrogens (tertiary/aromatic N) is 1. The Labute approximate surface area is 171 Å². The van der Waals surface area contributed by atoms with Crippen LogP contribution >= 0.6 is 23.6 Å². The Balaban J connectivity index is 1.60. The first kappa shape index (κ1) is 20.0. The molecular formula is C19H21N5O2S2. The zero-order chi connectivity index (χ0) is 20.4. The van der Waals surface area contributed by atoms with Crippen molar-refractivity contribution in [2.45, 2.75) is 34.1 Å². The van der Waals surface area contributed by atoms with Crippen LogP contribution in [0.5, 0.6) is 0 Å². The third kappa shape index (κ3) is 4.55. The molecule has 0 saturated carbocycles. The molecule has 0 radical (unpaired) electrons. The van der Waals surface area contributed by atoms with Gasteiger partial charge in [-0.2, -0.15) is 0 Å². The van der Waals surface area contributed by atoms with E-state index in [1.807, 2.05) is 39.8 Å². The van der Waals surface area contributed by atoms with E-state index in [1.165, 1.54) is 11.3 Å². The van der Waals surface area contributed by atoms with Gasteiger partial charge in [-0.1, -0.05) is 6.07 Å². The molecule has 0 bridgehead atoms. The van der Waals surface area contributed by atoms with Crippen molar-refractivity contribution in [1.82, 2.24) is 20.8 Å². The first-order valence-electron chi connectivity index (χ1n) is 8.66. The normalized spacial score (nSPS) is 10.7. The molecule has 2 heterocycles. The number of thiocarbonyl (C=S) groups is 1. The maximum Gasteiger partial charge on any atom is 0.259 e. The summed E-state index contributed by atoms with van der Waals surface area (Å²) in [6.45, 7) is 7.83. The number of H-pyrrole nitrogens is 1. The summed E-state index contributed by atoms with van der Waals surface area (Å²) in [6, 6.07) is 5.97. The zero-order valence-electron chi connectivity index (χ0n) is 16.0. The van der Waals surface area contributed by atoms with Crippen molar-refractivity contribution in [2.24, 2.45) is 0 Å². The van der Waals surface area contributed by atoms with Gasteiger partial charge >= 0.3 is 0 Å². The van der Waals surface area contributed by atoms with E-state index in [0.29, 0.717) is 16.0 Å². The van der Waals surface area contributed by atoms with E-state index in [9.17, 15) is 9.59 Å². The number of aryl methyl sites for hydroxylation is 4. The predicted octanol–water partition coefficient (Wildman–Crippen LogP) is 2.78. The molecule has 4 N–H and O–H groups in total. The van der Waals surface area contributed by atoms with Crippen LogP contribution in [-0.2, 0) is 11.2 Å². The zero-order valence-corrected chi connectivity index (χ0v) is 17.7. The van der Waals surface area contributed by atoms with E-state index in [4.69, 9.17) is 12.2 Å². The van der Waals surface area contributed by atoms with Crippen molar-refractivity contribution in [3.8, 4) is 0 Å². The average molecular weight is 416 g/mol. The molecule has 1 aromatic carbocycles. The van der Waals surface area contributed by atoms with Gasteiger partial charge in [-0.15, -0.1) is 11.3 Å². The minimum absolute atomic E-state index is 0.0691. The standard InChI is InChI=1S/C19H21N5O2S2/c1-9-5-10(2)7-13(6-9)20-19(27)24-23-15(25)8-14-21-17(26)16-11(3)12(4)28-18(16)22-14/h5-7H,8H2,1-4H3,(H,23,25)(H2,20,24,27)(H,21,22,26). The van der Waals surface area contributed by atoms with Gasteiger partial charge in [-0.05, 0) is 68.7 Å². The number of thiophene rings is 1. The SMILES string of the molecule is Cc1cc(C)cc(NC(=S)NNC(=O)Cc2nc3sc(C)c(C)c3c(=O)[nH]2)c1. The lowest BCUT2D eigenvalue weighted by atomic mass is 10.1. The topological polar surface area (TPSA) is 98.9 Å². The van der Waals surface area contributed by atoms with E-state index in [-0.39, 0.29) is 23.0 Å². The van der Waals surface area contributed by atoms with Gasteiger partial charge < -0.3 is 10.3 Å². The molecule has 3 rings (SSSR count). The first-order chi connectivity index (χ1) is 13.2. The summed E-state index contributed by atoms with van der Waals surface area (Å²) < 4.78 is 0. The molecule has 1 amide bonds. The summed E-state index contributed by atoms with van der Waals surface area (Å²) in [5.41, 5.74) is 8.93. The number of carbonyl (C=O) groups excluding carboxylic acids is 1. The number of rotatable bonds is 3. The largest absolute Gasteiger partial charge is 0.331 e. The molecule has 0 saturated heterocycles. The third-order valence-corrected chi connectivity index (χ3v) is 5.52. The van der Waals surface area contributed by atoms with Crippen LogP contribution in [0.4, 0.5) is 5.69 Å². The fourth-order valence-electron chi connectivity index (χ4n) is 2.91. The number of amides is 1. The van der Waals surface area contributed by atoms with Crippen LogP contribution in [0.2, 0.25) is 0 Å². The smallest absolute Gasteiger partial charge is 0.259 e. The molecule has 3 aromatic rings. The number of hydrogen-bond donors (Lipinski definition) is 4. The highest BCUT2D eigenvalue weighted by Gasteiger charge is 2.13. The molecule has 0 spiro atoms. The number of aromatic amines is 1. The molecule has 146 valence electrons. The molecule has 0 aliphatic heterocycles. The second-order valence-corrected chi connectivity index (χ2v) is 8.27. The number of benzene rings is 1. The van der Waals surface area contributed by atoms with Crippen LogP contribution in [0.3, 0.4) is 0 Å². The Morgan fingerprint density at radius 3 is 2.50 bits per heavy atom. The molecule has 9 heteroatoms. The third-order valence-electron chi connectivity index (χ3n) is 4.21. The number of fused-ring (bicyclic) bond motifs is 1. The molecular weight excluding hydrogens is 394 g/mol. The van der Waals surface area contributed by atoms with Gasteiger partial charge in [0.1, 0.15) is 10.7 Å². The van der Waals surface area contributed by atoms with E-state index in [0.717, 1.165) is 27.3 Å². The Kier molecular flexibility index (Phi) is 5.76. The predicted molar refractivity (Wildman–Crippen MR) is 117 cm³/mol. The number of hydrogen-bond acceptors (Lipinski definition) is 5. The number of aromatic nitrogens is 2. The average Bonchev–Trinajstić information content (AvgIpc) is 2.86. The molecule has 0 aliphatic carbocycles. The van der Waals surface area contributed by atoms with Crippen molar-refractivity contribution in [1.29, 1.82) is 0 Å². The van der Waals surface area contributed by atoms with Gasteiger partial charge in [0.25, 0.3) is 5.56 Å². The van der Waals surface area contributed by atoms with Gasteiger partial charge in [-0.3, -0.25) is 20.4 Å². The summed E-state index contributed by atoms with van der Waals surface area (Å²) in [7, 11) is 0. The molecule has 2 aromatic heterocycles. The lowest BCUT2D eigenvalue weighted by Gasteiger charge is -2.12. The van der Waals surface area contributed by atoms with Crippen molar-refractivity contribution >= 4 is 50.5 Å². The van der Waals surface area contributed by atoms with E-state index < -0.39 is 0 Å². The van der Waals surface area contributed by atoms with Crippen LogP contribution in [0.25, 0.3) is 10.2 Å². The maximum absolute atomic E-state index is 12.3. The number of nitrogens with one attached hydrogen (secondary N) is 4. The molecule has 0 fully saturated rings. The van der Waals surface area contributed by atoms with E-state index in [2.05, 4.69) is 32.2 Å². The highest BCUT2D eigenvalue weighted by atomic mass is 32.1. The molecule has 7 nitrogen and oxygen atoms in total. The second kappa shape index (κ2) is 8.07. The summed E-state index contributed by atoms with van der Waals surface area (Å²) in [6.07, 6.45) is -0.0691. The maximum atomic E-state index is 12.3. The van der Waals surface area contributed by atoms with Gasteiger partial charge in [0, 0.05) is 10.6 Å². The highest BCUT2D eigenvalue weighted by molar-refractivity contribution is 7.80. The molecule has 0 aliphatic rings. The van der Waals surface area contributed by atoms with Crippen LogP contribution < -0.4 is 21.7 Å². The minimum atomic E-state index is -0.364. The monoisotopic (exact) mass is 415 g/mol. The quantitative estimate of drug-likeness (QED) is 0.388. The fraction of sp³-hybridized carbons (Fsp3) is 0.263. The van der Waals surface area contributed by atoms with E-state index in [1.54, 1.807) is 0 Å². The molecule has 28 heavy (non-hydrogen) atoms. The summed E-state index contributed by atoms with van der Waals surface area (Å²) in [4.78, 5) is 33.2. The summed E-state index contributed by atoms with van der Waals surface area (Å²) in [5.74, 6) is -0.0525. The molecule has 0 atom stereocenters. The summed E-state index contributed by atoms with van der Waals surface area (Å²) >= 11 is 6.64. The Hall–Kier alpha value is -2.78. The Bertz CT molecular complexity index is 1110. The number of carbonyl (C=O) groups is 1. The number of hydrazine groups is 1. The van der Waals surface area contributed by atoms with Crippen molar-refractivity contribution in [3.05, 3.63) is 55.9 Å². The Morgan fingerprint density at radius 2 is 1.82 bits per heavy atom. The summed E-state index contributed by atoms with van der Waals surface area (Å²) in [5, 5.41) is 3.87. The van der Waals surface area contributed by atoms with Crippen LogP contribution in [0.1, 0.15) is 27.4 Å². The van der Waals surface area contributed by atoms with Crippen LogP contribution in [-0.4, -0.2) is 21.0 Å². The van der Waals surface area contributed by atoms with Gasteiger partial charge in [0.15, 0.2) is 5.11 Å².